The Bertz CT molecular complexity index is 1030. The van der Waals surface area contributed by atoms with Crippen molar-refractivity contribution >= 4 is 22.9 Å². The molecule has 0 aliphatic heterocycles. The van der Waals surface area contributed by atoms with Crippen molar-refractivity contribution in [1.82, 2.24) is 0 Å². The number of esters is 2. The van der Waals surface area contributed by atoms with E-state index >= 15 is 0 Å². The Morgan fingerprint density at radius 3 is 2.47 bits per heavy atom. The second-order valence-electron chi connectivity index (χ2n) is 9.66. The van der Waals surface area contributed by atoms with E-state index in [0.29, 0.717) is 19.3 Å². The number of aryl methyl sites for hydroxylation is 1. The van der Waals surface area contributed by atoms with Gasteiger partial charge in [0.1, 0.15) is 17.8 Å². The molecule has 2 aliphatic carbocycles. The number of benzene rings is 1. The largest absolute Gasteiger partial charge is 0.464 e. The van der Waals surface area contributed by atoms with Crippen LogP contribution in [0.15, 0.2) is 22.8 Å². The summed E-state index contributed by atoms with van der Waals surface area (Å²) in [6.07, 6.45) is 1.86. The number of hydrogen-bond acceptors (Lipinski definition) is 6. The first-order chi connectivity index (χ1) is 13.9. The van der Waals surface area contributed by atoms with Gasteiger partial charge >= 0.3 is 11.9 Å². The summed E-state index contributed by atoms with van der Waals surface area (Å²) in [4.78, 5) is 23.8. The molecule has 0 spiro atoms. The van der Waals surface area contributed by atoms with Crippen LogP contribution < -0.4 is 0 Å². The summed E-state index contributed by atoms with van der Waals surface area (Å²) in [5, 5.41) is 13.3. The molecule has 4 atom stereocenters. The van der Waals surface area contributed by atoms with E-state index in [4.69, 9.17) is 13.9 Å². The van der Waals surface area contributed by atoms with Crippen LogP contribution in [0.3, 0.4) is 0 Å². The molecule has 30 heavy (non-hydrogen) atoms. The van der Waals surface area contributed by atoms with Crippen molar-refractivity contribution in [2.75, 3.05) is 0 Å². The molecule has 1 aromatic carbocycles. The highest BCUT2D eigenvalue weighted by Crippen LogP contribution is 2.61. The van der Waals surface area contributed by atoms with Gasteiger partial charge in [-0.05, 0) is 48.6 Å². The zero-order valence-corrected chi connectivity index (χ0v) is 18.5. The van der Waals surface area contributed by atoms with Gasteiger partial charge < -0.3 is 19.0 Å². The predicted octanol–water partition coefficient (Wildman–Crippen LogP) is 3.97. The molecule has 2 aromatic rings. The van der Waals surface area contributed by atoms with E-state index in [9.17, 15) is 14.7 Å². The maximum Gasteiger partial charge on any atom is 0.303 e. The van der Waals surface area contributed by atoms with Gasteiger partial charge in [0.2, 0.25) is 0 Å². The maximum atomic E-state index is 12.2. The third-order valence-electron chi connectivity index (χ3n) is 7.73. The van der Waals surface area contributed by atoms with E-state index in [2.05, 4.69) is 6.92 Å². The fourth-order valence-electron chi connectivity index (χ4n) is 6.18. The van der Waals surface area contributed by atoms with Crippen molar-refractivity contribution in [3.05, 3.63) is 35.1 Å². The normalized spacial score (nSPS) is 32.2. The third-order valence-corrected chi connectivity index (χ3v) is 7.73. The number of carbonyl (C=O) groups is 2. The quantitative estimate of drug-likeness (QED) is 0.749. The Balaban J connectivity index is 1.93. The lowest BCUT2D eigenvalue weighted by Crippen LogP contribution is -2.72. The lowest BCUT2D eigenvalue weighted by Gasteiger charge is -2.63. The van der Waals surface area contributed by atoms with Gasteiger partial charge in [0, 0.05) is 36.5 Å². The molecule has 2 aliphatic rings. The van der Waals surface area contributed by atoms with Crippen molar-refractivity contribution in [1.29, 1.82) is 0 Å². The molecule has 162 valence electrons. The highest BCUT2D eigenvalue weighted by molar-refractivity contribution is 5.84. The van der Waals surface area contributed by atoms with Crippen LogP contribution in [0.1, 0.15) is 64.2 Å². The van der Waals surface area contributed by atoms with Crippen LogP contribution in [0, 0.1) is 12.3 Å². The molecule has 4 rings (SSSR count). The van der Waals surface area contributed by atoms with Crippen molar-refractivity contribution in [3.8, 4) is 0 Å². The average Bonchev–Trinajstić information content (AvgIpc) is 3.10. The van der Waals surface area contributed by atoms with Gasteiger partial charge in [-0.1, -0.05) is 20.8 Å². The number of rotatable bonds is 2. The minimum Gasteiger partial charge on any atom is -0.464 e. The molecule has 0 amide bonds. The monoisotopic (exact) mass is 414 g/mol. The van der Waals surface area contributed by atoms with E-state index in [-0.39, 0.29) is 0 Å². The summed E-state index contributed by atoms with van der Waals surface area (Å²) in [5.74, 6) is -0.891. The third kappa shape index (κ3) is 2.66. The SMILES string of the molecule is CC(=O)O[C@@H]1[C@H](OC(C)=O)C[C@]2(C)c3cc4occc4c(C)c3CC[C@@]2(O)C1(C)C. The van der Waals surface area contributed by atoms with Crippen LogP contribution in [0.4, 0.5) is 0 Å². The molecule has 1 fully saturated rings. The highest BCUT2D eigenvalue weighted by Gasteiger charge is 2.68. The smallest absolute Gasteiger partial charge is 0.303 e. The molecule has 0 saturated heterocycles. The number of furan rings is 1. The minimum absolute atomic E-state index is 0.350. The van der Waals surface area contributed by atoms with Gasteiger partial charge in [-0.3, -0.25) is 9.59 Å². The Morgan fingerprint density at radius 1 is 1.17 bits per heavy atom. The Kier molecular flexibility index (Phi) is 4.59. The average molecular weight is 414 g/mol. The number of ether oxygens (including phenoxy) is 2. The highest BCUT2D eigenvalue weighted by atomic mass is 16.6. The van der Waals surface area contributed by atoms with Crippen molar-refractivity contribution in [3.63, 3.8) is 0 Å². The first-order valence-electron chi connectivity index (χ1n) is 10.5. The van der Waals surface area contributed by atoms with Gasteiger partial charge in [0.25, 0.3) is 0 Å². The van der Waals surface area contributed by atoms with Crippen LogP contribution in [-0.4, -0.2) is 34.9 Å². The molecule has 0 radical (unpaired) electrons. The number of fused-ring (bicyclic) bond motifs is 4. The van der Waals surface area contributed by atoms with Crippen molar-refractivity contribution in [2.24, 2.45) is 5.41 Å². The second-order valence-corrected chi connectivity index (χ2v) is 9.66. The topological polar surface area (TPSA) is 86.0 Å². The lowest BCUT2D eigenvalue weighted by atomic mass is 9.45. The molecular formula is C24H30O6. The van der Waals surface area contributed by atoms with Crippen LogP contribution in [-0.2, 0) is 30.9 Å². The first-order valence-corrected chi connectivity index (χ1v) is 10.5. The maximum absolute atomic E-state index is 12.2. The zero-order valence-electron chi connectivity index (χ0n) is 18.5. The van der Waals surface area contributed by atoms with Crippen LogP contribution in [0.2, 0.25) is 0 Å². The van der Waals surface area contributed by atoms with Crippen LogP contribution in [0.5, 0.6) is 0 Å². The summed E-state index contributed by atoms with van der Waals surface area (Å²) >= 11 is 0. The molecule has 6 nitrogen and oxygen atoms in total. The fraction of sp³-hybridized carbons (Fsp3) is 0.583. The number of carbonyl (C=O) groups excluding carboxylic acids is 2. The van der Waals surface area contributed by atoms with E-state index in [1.54, 1.807) is 6.26 Å². The standard InChI is InChI=1S/C24H30O6/c1-13-16-7-9-24(27)22(4,5)21(30-15(3)26)20(29-14(2)25)12-23(24,6)18(16)11-19-17(13)8-10-28-19/h8,10-11,20-21,27H,7,9,12H2,1-6H3/t20-,21-,23-,24-/m1/s1. The predicted molar refractivity (Wildman–Crippen MR) is 111 cm³/mol. The summed E-state index contributed by atoms with van der Waals surface area (Å²) < 4.78 is 17.0. The zero-order chi connectivity index (χ0) is 22.1. The molecular weight excluding hydrogens is 384 g/mol. The van der Waals surface area contributed by atoms with Gasteiger partial charge in [-0.25, -0.2) is 0 Å². The summed E-state index contributed by atoms with van der Waals surface area (Å²) in [6, 6.07) is 3.99. The van der Waals surface area contributed by atoms with E-state index in [1.807, 2.05) is 32.9 Å². The van der Waals surface area contributed by atoms with E-state index in [1.165, 1.54) is 19.4 Å². The van der Waals surface area contributed by atoms with Gasteiger partial charge in [0.05, 0.1) is 11.9 Å². The van der Waals surface area contributed by atoms with E-state index < -0.39 is 40.6 Å². The molecule has 0 unspecified atom stereocenters. The van der Waals surface area contributed by atoms with Gasteiger partial charge in [0.15, 0.2) is 0 Å². The molecule has 1 heterocycles. The van der Waals surface area contributed by atoms with Crippen molar-refractivity contribution < 1.29 is 28.6 Å². The van der Waals surface area contributed by atoms with Crippen molar-refractivity contribution in [2.45, 2.75) is 84.0 Å². The molecule has 6 heteroatoms. The number of aliphatic hydroxyl groups is 1. The van der Waals surface area contributed by atoms with Gasteiger partial charge in [-0.15, -0.1) is 0 Å². The van der Waals surface area contributed by atoms with Crippen LogP contribution in [0.25, 0.3) is 11.0 Å². The molecule has 0 bridgehead atoms. The summed E-state index contributed by atoms with van der Waals surface area (Å²) in [5.41, 5.74) is 1.42. The molecule has 1 saturated carbocycles. The first kappa shape index (κ1) is 20.9. The van der Waals surface area contributed by atoms with E-state index in [0.717, 1.165) is 22.1 Å². The Morgan fingerprint density at radius 2 is 1.83 bits per heavy atom. The fourth-order valence-corrected chi connectivity index (χ4v) is 6.18. The Hall–Kier alpha value is -2.34. The molecule has 1 N–H and O–H groups in total. The second kappa shape index (κ2) is 6.58. The summed E-state index contributed by atoms with van der Waals surface area (Å²) in [7, 11) is 0. The summed E-state index contributed by atoms with van der Waals surface area (Å²) in [6.45, 7) is 10.6. The Labute approximate surface area is 176 Å². The minimum atomic E-state index is -1.17. The van der Waals surface area contributed by atoms with Crippen LogP contribution >= 0.6 is 0 Å². The van der Waals surface area contributed by atoms with Gasteiger partial charge in [-0.2, -0.15) is 0 Å². The molecule has 1 aromatic heterocycles. The number of hydrogen-bond donors (Lipinski definition) is 1. The lowest BCUT2D eigenvalue weighted by molar-refractivity contribution is -0.249.